The number of likely N-dealkylation sites (tertiary alicyclic amines) is 1. The third-order valence-corrected chi connectivity index (χ3v) is 5.81. The Morgan fingerprint density at radius 3 is 2.67 bits per heavy atom. The number of benzene rings is 2. The van der Waals surface area contributed by atoms with Crippen LogP contribution in [0.15, 0.2) is 54.6 Å². The standard InChI is InChI=1S/C23H27FN4O2/c24-20-8-4-7-19(13-20)15-27-11-9-21(29)26-23(16-27)10-12-28(17-23)22(30)25-14-18-5-2-1-3-6-18/h1-8,13H,9-12,14-17H2,(H,25,30)(H,26,29). The summed E-state index contributed by atoms with van der Waals surface area (Å²) in [4.78, 5) is 29.0. The summed E-state index contributed by atoms with van der Waals surface area (Å²) in [6.07, 6.45) is 1.11. The lowest BCUT2D eigenvalue weighted by Gasteiger charge is -2.33. The van der Waals surface area contributed by atoms with Crippen molar-refractivity contribution < 1.29 is 14.0 Å². The molecule has 2 aliphatic heterocycles. The van der Waals surface area contributed by atoms with Crippen LogP contribution >= 0.6 is 0 Å². The second-order valence-electron chi connectivity index (χ2n) is 8.23. The summed E-state index contributed by atoms with van der Waals surface area (Å²) in [5.74, 6) is -0.253. The van der Waals surface area contributed by atoms with Gasteiger partial charge in [0.1, 0.15) is 5.82 Å². The first kappa shape index (κ1) is 20.3. The molecule has 7 heteroatoms. The predicted octanol–water partition coefficient (Wildman–Crippen LogP) is 2.50. The maximum absolute atomic E-state index is 13.6. The van der Waals surface area contributed by atoms with E-state index in [9.17, 15) is 14.0 Å². The predicted molar refractivity (Wildman–Crippen MR) is 112 cm³/mol. The second kappa shape index (κ2) is 8.83. The van der Waals surface area contributed by atoms with Crippen molar-refractivity contribution in [2.45, 2.75) is 31.5 Å². The van der Waals surface area contributed by atoms with Gasteiger partial charge in [-0.3, -0.25) is 9.69 Å². The summed E-state index contributed by atoms with van der Waals surface area (Å²) < 4.78 is 13.6. The zero-order chi connectivity index (χ0) is 21.0. The molecule has 2 saturated heterocycles. The Labute approximate surface area is 176 Å². The van der Waals surface area contributed by atoms with Crippen molar-refractivity contribution in [3.8, 4) is 0 Å². The molecule has 2 fully saturated rings. The van der Waals surface area contributed by atoms with Gasteiger partial charge in [-0.25, -0.2) is 9.18 Å². The van der Waals surface area contributed by atoms with Gasteiger partial charge in [-0.2, -0.15) is 0 Å². The van der Waals surface area contributed by atoms with E-state index in [1.807, 2.05) is 36.4 Å². The molecule has 1 spiro atoms. The molecule has 0 bridgehead atoms. The van der Waals surface area contributed by atoms with Gasteiger partial charge in [-0.1, -0.05) is 42.5 Å². The van der Waals surface area contributed by atoms with Gasteiger partial charge in [0.25, 0.3) is 0 Å². The number of urea groups is 1. The second-order valence-corrected chi connectivity index (χ2v) is 8.23. The maximum atomic E-state index is 13.6. The van der Waals surface area contributed by atoms with E-state index in [0.717, 1.165) is 11.1 Å². The van der Waals surface area contributed by atoms with Crippen LogP contribution in [0.5, 0.6) is 0 Å². The average Bonchev–Trinajstić information content (AvgIpc) is 3.07. The summed E-state index contributed by atoms with van der Waals surface area (Å²) in [6, 6.07) is 16.2. The Balaban J connectivity index is 1.39. The Bertz CT molecular complexity index is 907. The Kier molecular flexibility index (Phi) is 5.99. The first-order chi connectivity index (χ1) is 14.5. The van der Waals surface area contributed by atoms with Gasteiger partial charge < -0.3 is 15.5 Å². The van der Waals surface area contributed by atoms with Gasteiger partial charge in [-0.05, 0) is 29.7 Å². The van der Waals surface area contributed by atoms with Crippen LogP contribution in [0.1, 0.15) is 24.0 Å². The van der Waals surface area contributed by atoms with Crippen molar-refractivity contribution >= 4 is 11.9 Å². The highest BCUT2D eigenvalue weighted by Crippen LogP contribution is 2.26. The van der Waals surface area contributed by atoms with Gasteiger partial charge in [0.05, 0.1) is 5.54 Å². The number of carbonyl (C=O) groups is 2. The van der Waals surface area contributed by atoms with Crippen molar-refractivity contribution in [2.24, 2.45) is 0 Å². The third kappa shape index (κ3) is 4.97. The van der Waals surface area contributed by atoms with Gasteiger partial charge in [0, 0.05) is 45.7 Å². The van der Waals surface area contributed by atoms with Crippen molar-refractivity contribution in [3.63, 3.8) is 0 Å². The molecule has 0 radical (unpaired) electrons. The Morgan fingerprint density at radius 1 is 1.07 bits per heavy atom. The molecule has 2 aromatic rings. The molecule has 0 aromatic heterocycles. The molecule has 0 saturated carbocycles. The number of amides is 3. The minimum atomic E-state index is -0.467. The zero-order valence-corrected chi connectivity index (χ0v) is 16.9. The maximum Gasteiger partial charge on any atom is 0.317 e. The SMILES string of the molecule is O=C1CCN(Cc2cccc(F)c2)CC2(CCN(C(=O)NCc3ccccc3)C2)N1. The fourth-order valence-electron chi connectivity index (χ4n) is 4.36. The summed E-state index contributed by atoms with van der Waals surface area (Å²) >= 11 is 0. The average molecular weight is 410 g/mol. The van der Waals surface area contributed by atoms with E-state index in [2.05, 4.69) is 15.5 Å². The van der Waals surface area contributed by atoms with Crippen LogP contribution < -0.4 is 10.6 Å². The Morgan fingerprint density at radius 2 is 1.87 bits per heavy atom. The molecule has 2 aliphatic rings. The van der Waals surface area contributed by atoms with E-state index in [1.54, 1.807) is 11.0 Å². The molecule has 2 N–H and O–H groups in total. The van der Waals surface area contributed by atoms with Crippen molar-refractivity contribution in [2.75, 3.05) is 26.2 Å². The van der Waals surface area contributed by atoms with E-state index in [1.165, 1.54) is 12.1 Å². The molecule has 6 nitrogen and oxygen atoms in total. The topological polar surface area (TPSA) is 64.7 Å². The first-order valence-corrected chi connectivity index (χ1v) is 10.4. The van der Waals surface area contributed by atoms with E-state index in [-0.39, 0.29) is 17.8 Å². The van der Waals surface area contributed by atoms with Crippen LogP contribution in [0.3, 0.4) is 0 Å². The molecule has 158 valence electrons. The van der Waals surface area contributed by atoms with Gasteiger partial charge in [0.2, 0.25) is 5.91 Å². The number of hydrogen-bond donors (Lipinski definition) is 2. The largest absolute Gasteiger partial charge is 0.347 e. The summed E-state index contributed by atoms with van der Waals surface area (Å²) in [6.45, 7) is 3.37. The zero-order valence-electron chi connectivity index (χ0n) is 16.9. The number of hydrogen-bond acceptors (Lipinski definition) is 3. The van der Waals surface area contributed by atoms with Gasteiger partial charge in [-0.15, -0.1) is 0 Å². The summed E-state index contributed by atoms with van der Waals surface area (Å²) in [7, 11) is 0. The highest BCUT2D eigenvalue weighted by atomic mass is 19.1. The van der Waals surface area contributed by atoms with E-state index < -0.39 is 5.54 Å². The molecule has 1 unspecified atom stereocenters. The molecule has 1 atom stereocenters. The number of nitrogens with one attached hydrogen (secondary N) is 2. The number of halogens is 1. The third-order valence-electron chi connectivity index (χ3n) is 5.81. The highest BCUT2D eigenvalue weighted by molar-refractivity contribution is 5.78. The summed E-state index contributed by atoms with van der Waals surface area (Å²) in [5.41, 5.74) is 1.46. The van der Waals surface area contributed by atoms with Crippen molar-refractivity contribution in [1.82, 2.24) is 20.4 Å². The molecule has 30 heavy (non-hydrogen) atoms. The molecule has 2 aromatic carbocycles. The van der Waals surface area contributed by atoms with E-state index in [0.29, 0.717) is 52.1 Å². The number of nitrogens with zero attached hydrogens (tertiary/aromatic N) is 2. The highest BCUT2D eigenvalue weighted by Gasteiger charge is 2.43. The smallest absolute Gasteiger partial charge is 0.317 e. The van der Waals surface area contributed by atoms with Crippen LogP contribution in [-0.4, -0.2) is 53.5 Å². The monoisotopic (exact) mass is 410 g/mol. The van der Waals surface area contributed by atoms with Crippen LogP contribution in [0.25, 0.3) is 0 Å². The molecule has 0 aliphatic carbocycles. The molecule has 4 rings (SSSR count). The minimum absolute atomic E-state index is 0.00304. The fourth-order valence-corrected chi connectivity index (χ4v) is 4.36. The van der Waals surface area contributed by atoms with Crippen LogP contribution in [-0.2, 0) is 17.9 Å². The minimum Gasteiger partial charge on any atom is -0.347 e. The van der Waals surface area contributed by atoms with Crippen LogP contribution in [0.4, 0.5) is 9.18 Å². The molecular weight excluding hydrogens is 383 g/mol. The molecule has 3 amide bonds. The first-order valence-electron chi connectivity index (χ1n) is 10.4. The van der Waals surface area contributed by atoms with Crippen molar-refractivity contribution in [1.29, 1.82) is 0 Å². The quantitative estimate of drug-likeness (QED) is 0.814. The normalized spacial score (nSPS) is 22.0. The molecular formula is C23H27FN4O2. The van der Waals surface area contributed by atoms with Gasteiger partial charge in [0.15, 0.2) is 0 Å². The lowest BCUT2D eigenvalue weighted by atomic mass is 9.98. The van der Waals surface area contributed by atoms with E-state index >= 15 is 0 Å². The summed E-state index contributed by atoms with van der Waals surface area (Å²) in [5, 5.41) is 6.13. The Hall–Kier alpha value is -2.93. The lowest BCUT2D eigenvalue weighted by Crippen LogP contribution is -2.55. The van der Waals surface area contributed by atoms with Crippen LogP contribution in [0.2, 0.25) is 0 Å². The fraction of sp³-hybridized carbons (Fsp3) is 0.391. The van der Waals surface area contributed by atoms with Crippen LogP contribution in [0, 0.1) is 5.82 Å². The van der Waals surface area contributed by atoms with E-state index in [4.69, 9.17) is 0 Å². The van der Waals surface area contributed by atoms with Crippen molar-refractivity contribution in [3.05, 3.63) is 71.5 Å². The number of rotatable bonds is 4. The van der Waals surface area contributed by atoms with Gasteiger partial charge >= 0.3 is 6.03 Å². The lowest BCUT2D eigenvalue weighted by molar-refractivity contribution is -0.122. The number of carbonyl (C=O) groups excluding carboxylic acids is 2. The molecule has 2 heterocycles.